The first kappa shape index (κ1) is 39.3. The first-order chi connectivity index (χ1) is 22.4. The van der Waals surface area contributed by atoms with Crippen molar-refractivity contribution in [3.05, 3.63) is 24.3 Å². The largest absolute Gasteiger partial charge is 0.467 e. The summed E-state index contributed by atoms with van der Waals surface area (Å²) in [7, 11) is 1.16. The SMILES string of the molecule is CCCCOC(=O)NC(CNC(=O)CSc1nnc(-c2ccc(N(C(=O)OC(C)(C)C)C(N)=NC(=O)OC(C)(C)C)cc2)o1)C(=O)OC. The molecule has 0 aliphatic carbocycles. The number of ether oxygens (including phenoxy) is 4. The molecule has 0 bridgehead atoms. The van der Waals surface area contributed by atoms with Crippen LogP contribution in [0.1, 0.15) is 61.3 Å². The lowest BCUT2D eigenvalue weighted by Gasteiger charge is -2.26. The molecule has 0 aliphatic rings. The second-order valence-electron chi connectivity index (χ2n) is 12.0. The number of carbonyl (C=O) groups excluding carboxylic acids is 5. The average Bonchev–Trinajstić information content (AvgIpc) is 3.45. The smallest absolute Gasteiger partial charge is 0.437 e. The zero-order valence-corrected chi connectivity index (χ0v) is 29.1. The van der Waals surface area contributed by atoms with Gasteiger partial charge in [-0.25, -0.2) is 24.1 Å². The number of guanidine groups is 1. The maximum atomic E-state index is 13.0. The quantitative estimate of drug-likeness (QED) is 0.0713. The average molecular weight is 694 g/mol. The van der Waals surface area contributed by atoms with Crippen LogP contribution in [0.15, 0.2) is 38.9 Å². The van der Waals surface area contributed by atoms with Gasteiger partial charge >= 0.3 is 24.2 Å². The summed E-state index contributed by atoms with van der Waals surface area (Å²) in [5.74, 6) is -1.74. The molecular weight excluding hydrogens is 650 g/mol. The van der Waals surface area contributed by atoms with Gasteiger partial charge in [-0.3, -0.25) is 4.79 Å². The van der Waals surface area contributed by atoms with Crippen molar-refractivity contribution in [2.24, 2.45) is 10.7 Å². The van der Waals surface area contributed by atoms with Crippen LogP contribution in [0.2, 0.25) is 0 Å². The first-order valence-corrected chi connectivity index (χ1v) is 15.9. The van der Waals surface area contributed by atoms with E-state index in [4.69, 9.17) is 24.4 Å². The Balaban J connectivity index is 2.08. The molecule has 2 rings (SSSR count). The molecule has 1 aromatic carbocycles. The highest BCUT2D eigenvalue weighted by atomic mass is 32.2. The van der Waals surface area contributed by atoms with Gasteiger partial charge in [0.15, 0.2) is 0 Å². The van der Waals surface area contributed by atoms with E-state index in [9.17, 15) is 24.0 Å². The molecule has 2 aromatic rings. The van der Waals surface area contributed by atoms with Crippen LogP contribution >= 0.6 is 11.8 Å². The molecule has 1 atom stereocenters. The zero-order chi connectivity index (χ0) is 36.1. The molecule has 17 nitrogen and oxygen atoms in total. The van der Waals surface area contributed by atoms with Gasteiger partial charge < -0.3 is 39.7 Å². The van der Waals surface area contributed by atoms with Crippen LogP contribution in [0.4, 0.5) is 20.1 Å². The minimum Gasteiger partial charge on any atom is -0.467 e. The van der Waals surface area contributed by atoms with Gasteiger partial charge in [-0.2, -0.15) is 0 Å². The minimum absolute atomic E-state index is 0.0792. The van der Waals surface area contributed by atoms with Crippen LogP contribution in [0, 0.1) is 0 Å². The van der Waals surface area contributed by atoms with Gasteiger partial charge in [0.2, 0.25) is 17.8 Å². The molecule has 1 aromatic heterocycles. The molecular formula is C30H43N7O10S. The Labute approximate surface area is 282 Å². The third-order valence-corrected chi connectivity index (χ3v) is 6.34. The molecule has 18 heteroatoms. The van der Waals surface area contributed by atoms with Crippen LogP contribution in [-0.2, 0) is 28.5 Å². The Morgan fingerprint density at radius 1 is 1.02 bits per heavy atom. The Morgan fingerprint density at radius 3 is 2.25 bits per heavy atom. The Bertz CT molecular complexity index is 1450. The Hall–Kier alpha value is -4.87. The summed E-state index contributed by atoms with van der Waals surface area (Å²) in [5, 5.41) is 12.9. The van der Waals surface area contributed by atoms with E-state index in [1.807, 2.05) is 6.92 Å². The molecule has 1 heterocycles. The van der Waals surface area contributed by atoms with Gasteiger partial charge in [0.05, 0.1) is 25.2 Å². The van der Waals surface area contributed by atoms with Crippen molar-refractivity contribution in [3.63, 3.8) is 0 Å². The second kappa shape index (κ2) is 17.9. The van der Waals surface area contributed by atoms with Crippen LogP contribution < -0.4 is 21.3 Å². The van der Waals surface area contributed by atoms with Crippen molar-refractivity contribution in [1.29, 1.82) is 0 Å². The topological polar surface area (TPSA) is 227 Å². The monoisotopic (exact) mass is 693 g/mol. The number of carbonyl (C=O) groups is 5. The summed E-state index contributed by atoms with van der Waals surface area (Å²) in [6.45, 7) is 11.9. The number of hydrogen-bond acceptors (Lipinski definition) is 13. The molecule has 4 amide bonds. The molecule has 0 radical (unpaired) electrons. The molecule has 48 heavy (non-hydrogen) atoms. The number of nitrogens with two attached hydrogens (primary N) is 1. The van der Waals surface area contributed by atoms with E-state index in [2.05, 4.69) is 30.6 Å². The van der Waals surface area contributed by atoms with E-state index in [-0.39, 0.29) is 35.7 Å². The number of esters is 1. The molecule has 0 saturated heterocycles. The van der Waals surface area contributed by atoms with Crippen molar-refractivity contribution >= 4 is 53.6 Å². The number of benzene rings is 1. The summed E-state index contributed by atoms with van der Waals surface area (Å²) in [5.41, 5.74) is 5.03. The maximum absolute atomic E-state index is 13.0. The van der Waals surface area contributed by atoms with Crippen molar-refractivity contribution in [2.75, 3.05) is 30.9 Å². The zero-order valence-electron chi connectivity index (χ0n) is 28.3. The van der Waals surface area contributed by atoms with Crippen LogP contribution in [0.3, 0.4) is 0 Å². The lowest BCUT2D eigenvalue weighted by molar-refractivity contribution is -0.142. The summed E-state index contributed by atoms with van der Waals surface area (Å²) in [4.78, 5) is 66.3. The second-order valence-corrected chi connectivity index (χ2v) is 12.9. The Kier molecular flexibility index (Phi) is 14.6. The summed E-state index contributed by atoms with van der Waals surface area (Å²) < 4.78 is 26.0. The van der Waals surface area contributed by atoms with Crippen molar-refractivity contribution in [3.8, 4) is 11.5 Å². The molecule has 0 spiro atoms. The third kappa shape index (κ3) is 13.9. The van der Waals surface area contributed by atoms with E-state index in [0.717, 1.165) is 30.2 Å². The fraction of sp³-hybridized carbons (Fsp3) is 0.533. The van der Waals surface area contributed by atoms with E-state index >= 15 is 0 Å². The number of aliphatic imine (C=N–C) groups is 1. The number of amides is 4. The standard InChI is InChI=1S/C30H43N7O10S/c1-9-10-15-44-25(40)33-20(23(39)43-8)16-32-21(38)17-48-27-36-35-22(45-27)18-11-13-19(14-12-18)37(28(42)47-30(5,6)7)24(31)34-26(41)46-29(2,3)4/h11-14,20H,9-10,15-17H2,1-8H3,(H,32,38)(H,33,40)(H2,31,34,41). The van der Waals surface area contributed by atoms with Crippen molar-refractivity contribution in [1.82, 2.24) is 20.8 Å². The normalized spacial score (nSPS) is 12.4. The van der Waals surface area contributed by atoms with Gasteiger partial charge in [0, 0.05) is 12.1 Å². The maximum Gasteiger partial charge on any atom is 0.437 e. The predicted octanol–water partition coefficient (Wildman–Crippen LogP) is 4.00. The van der Waals surface area contributed by atoms with Crippen LogP contribution in [-0.4, -0.2) is 89.6 Å². The van der Waals surface area contributed by atoms with E-state index in [1.54, 1.807) is 53.7 Å². The van der Waals surface area contributed by atoms with Crippen LogP contribution in [0.25, 0.3) is 11.5 Å². The molecule has 0 saturated carbocycles. The molecule has 264 valence electrons. The molecule has 0 aliphatic heterocycles. The molecule has 1 unspecified atom stereocenters. The van der Waals surface area contributed by atoms with E-state index in [0.29, 0.717) is 12.0 Å². The molecule has 0 fully saturated rings. The van der Waals surface area contributed by atoms with Gasteiger partial charge in [-0.1, -0.05) is 25.1 Å². The molecule has 4 N–H and O–H groups in total. The number of aromatic nitrogens is 2. The summed E-state index contributed by atoms with van der Waals surface area (Å²) >= 11 is 0.942. The van der Waals surface area contributed by atoms with Crippen molar-refractivity contribution in [2.45, 2.75) is 83.8 Å². The highest BCUT2D eigenvalue weighted by molar-refractivity contribution is 7.99. The summed E-state index contributed by atoms with van der Waals surface area (Å²) in [6.07, 6.45) is -1.17. The lowest BCUT2D eigenvalue weighted by Crippen LogP contribution is -2.49. The fourth-order valence-corrected chi connectivity index (χ4v) is 4.02. The van der Waals surface area contributed by atoms with E-state index < -0.39 is 53.4 Å². The number of methoxy groups -OCH3 is 1. The number of anilines is 1. The van der Waals surface area contributed by atoms with E-state index in [1.165, 1.54) is 12.1 Å². The van der Waals surface area contributed by atoms with Gasteiger partial charge in [0.1, 0.15) is 17.2 Å². The number of thioether (sulfide) groups is 1. The number of alkyl carbamates (subject to hydrolysis) is 1. The van der Waals surface area contributed by atoms with Crippen molar-refractivity contribution < 1.29 is 47.3 Å². The number of rotatable bonds is 12. The van der Waals surface area contributed by atoms with Gasteiger partial charge in [-0.05, 0) is 72.2 Å². The predicted molar refractivity (Wildman–Crippen MR) is 175 cm³/mol. The Morgan fingerprint density at radius 2 is 1.67 bits per heavy atom. The van der Waals surface area contributed by atoms with Gasteiger partial charge in [0.25, 0.3) is 5.22 Å². The summed E-state index contributed by atoms with van der Waals surface area (Å²) in [6, 6.07) is 4.99. The minimum atomic E-state index is -1.15. The fourth-order valence-electron chi connectivity index (χ4n) is 3.43. The highest BCUT2D eigenvalue weighted by Crippen LogP contribution is 2.26. The number of hydrogen-bond donors (Lipinski definition) is 3. The number of unbranched alkanes of at least 4 members (excludes halogenated alkanes) is 1. The first-order valence-electron chi connectivity index (χ1n) is 14.9. The lowest BCUT2D eigenvalue weighted by atomic mass is 10.2. The number of nitrogens with one attached hydrogen (secondary N) is 2. The highest BCUT2D eigenvalue weighted by Gasteiger charge is 2.28. The van der Waals surface area contributed by atoms with Crippen LogP contribution in [0.5, 0.6) is 0 Å². The number of nitrogens with zero attached hydrogens (tertiary/aromatic N) is 4. The third-order valence-electron chi connectivity index (χ3n) is 5.52. The van der Waals surface area contributed by atoms with Gasteiger partial charge in [-0.15, -0.1) is 15.2 Å².